The SMILES string of the molecule is CCN(C(=O)NCC(C)(O)CC(=O)O)c1ccc(C)cc1. The number of aryl methyl sites for hydroxylation is 1. The van der Waals surface area contributed by atoms with Crippen LogP contribution >= 0.6 is 0 Å². The number of carbonyl (C=O) groups is 2. The first kappa shape index (κ1) is 17.0. The molecule has 1 aromatic rings. The molecule has 1 rings (SSSR count). The number of rotatable bonds is 6. The zero-order chi connectivity index (χ0) is 16.0. The van der Waals surface area contributed by atoms with E-state index >= 15 is 0 Å². The minimum Gasteiger partial charge on any atom is -0.481 e. The smallest absolute Gasteiger partial charge is 0.321 e. The van der Waals surface area contributed by atoms with Gasteiger partial charge in [-0.1, -0.05) is 17.7 Å². The van der Waals surface area contributed by atoms with Gasteiger partial charge in [-0.05, 0) is 32.9 Å². The Balaban J connectivity index is 2.68. The minimum absolute atomic E-state index is 0.125. The third-order valence-corrected chi connectivity index (χ3v) is 3.06. The summed E-state index contributed by atoms with van der Waals surface area (Å²) in [5, 5.41) is 21.1. The van der Waals surface area contributed by atoms with Gasteiger partial charge >= 0.3 is 12.0 Å². The summed E-state index contributed by atoms with van der Waals surface area (Å²) in [7, 11) is 0. The van der Waals surface area contributed by atoms with Crippen molar-refractivity contribution in [3.05, 3.63) is 29.8 Å². The largest absolute Gasteiger partial charge is 0.481 e. The van der Waals surface area contributed by atoms with Crippen molar-refractivity contribution in [1.82, 2.24) is 5.32 Å². The Bertz CT molecular complexity index is 497. The fraction of sp³-hybridized carbons (Fsp3) is 0.467. The number of hydrogen-bond acceptors (Lipinski definition) is 3. The molecule has 2 amide bonds. The van der Waals surface area contributed by atoms with Crippen LogP contribution in [-0.2, 0) is 4.79 Å². The molecule has 21 heavy (non-hydrogen) atoms. The maximum atomic E-state index is 12.1. The molecule has 0 radical (unpaired) electrons. The van der Waals surface area contributed by atoms with Crippen molar-refractivity contribution in [3.8, 4) is 0 Å². The predicted molar refractivity (Wildman–Crippen MR) is 80.5 cm³/mol. The second-order valence-corrected chi connectivity index (χ2v) is 5.31. The van der Waals surface area contributed by atoms with Crippen molar-refractivity contribution >= 4 is 17.7 Å². The summed E-state index contributed by atoms with van der Waals surface area (Å²) in [4.78, 5) is 24.3. The Hall–Kier alpha value is -2.08. The van der Waals surface area contributed by atoms with Gasteiger partial charge in [0.1, 0.15) is 0 Å². The lowest BCUT2D eigenvalue weighted by molar-refractivity contribution is -0.141. The van der Waals surface area contributed by atoms with Crippen molar-refractivity contribution in [2.45, 2.75) is 32.8 Å². The lowest BCUT2D eigenvalue weighted by atomic mass is 10.0. The van der Waals surface area contributed by atoms with Crippen LogP contribution in [0.3, 0.4) is 0 Å². The van der Waals surface area contributed by atoms with Gasteiger partial charge < -0.3 is 15.5 Å². The molecule has 0 heterocycles. The van der Waals surface area contributed by atoms with Gasteiger partial charge in [-0.15, -0.1) is 0 Å². The average Bonchev–Trinajstić information content (AvgIpc) is 2.38. The lowest BCUT2D eigenvalue weighted by Crippen LogP contribution is -2.47. The summed E-state index contributed by atoms with van der Waals surface area (Å²) in [6, 6.07) is 7.13. The average molecular weight is 294 g/mol. The van der Waals surface area contributed by atoms with Crippen LogP contribution in [0.4, 0.5) is 10.5 Å². The first-order valence-corrected chi connectivity index (χ1v) is 6.81. The van der Waals surface area contributed by atoms with E-state index in [1.54, 1.807) is 0 Å². The van der Waals surface area contributed by atoms with Gasteiger partial charge in [0.2, 0.25) is 0 Å². The number of carboxylic acid groups (broad SMARTS) is 1. The van der Waals surface area contributed by atoms with E-state index < -0.39 is 18.0 Å². The Morgan fingerprint density at radius 3 is 2.33 bits per heavy atom. The molecule has 0 bridgehead atoms. The summed E-state index contributed by atoms with van der Waals surface area (Å²) >= 11 is 0. The van der Waals surface area contributed by atoms with Crippen molar-refractivity contribution in [2.24, 2.45) is 0 Å². The molecular weight excluding hydrogens is 272 g/mol. The van der Waals surface area contributed by atoms with Gasteiger partial charge in [0, 0.05) is 18.8 Å². The summed E-state index contributed by atoms with van der Waals surface area (Å²) in [6.07, 6.45) is -0.427. The topological polar surface area (TPSA) is 89.9 Å². The molecule has 1 atom stereocenters. The van der Waals surface area contributed by atoms with E-state index in [-0.39, 0.29) is 12.6 Å². The molecule has 1 unspecified atom stereocenters. The highest BCUT2D eigenvalue weighted by Gasteiger charge is 2.26. The van der Waals surface area contributed by atoms with Gasteiger partial charge in [0.05, 0.1) is 12.0 Å². The van der Waals surface area contributed by atoms with E-state index in [1.165, 1.54) is 11.8 Å². The van der Waals surface area contributed by atoms with Crippen LogP contribution in [-0.4, -0.2) is 40.9 Å². The van der Waals surface area contributed by atoms with Crippen molar-refractivity contribution in [1.29, 1.82) is 0 Å². The zero-order valence-electron chi connectivity index (χ0n) is 12.6. The highest BCUT2D eigenvalue weighted by molar-refractivity contribution is 5.92. The monoisotopic (exact) mass is 294 g/mol. The summed E-state index contributed by atoms with van der Waals surface area (Å²) in [6.45, 7) is 5.53. The Morgan fingerprint density at radius 2 is 1.86 bits per heavy atom. The van der Waals surface area contributed by atoms with Crippen LogP contribution in [0.25, 0.3) is 0 Å². The number of aliphatic hydroxyl groups is 1. The number of nitrogens with zero attached hydrogens (tertiary/aromatic N) is 1. The first-order valence-electron chi connectivity index (χ1n) is 6.81. The van der Waals surface area contributed by atoms with E-state index in [0.29, 0.717) is 6.54 Å². The highest BCUT2D eigenvalue weighted by atomic mass is 16.4. The Labute approximate surface area is 124 Å². The van der Waals surface area contributed by atoms with E-state index in [9.17, 15) is 14.7 Å². The van der Waals surface area contributed by atoms with Crippen LogP contribution in [0.5, 0.6) is 0 Å². The number of benzene rings is 1. The molecule has 0 aliphatic heterocycles. The number of hydrogen-bond donors (Lipinski definition) is 3. The maximum absolute atomic E-state index is 12.1. The number of aliphatic carboxylic acids is 1. The zero-order valence-corrected chi connectivity index (χ0v) is 12.6. The molecule has 0 saturated heterocycles. The molecule has 0 aliphatic rings. The van der Waals surface area contributed by atoms with Crippen LogP contribution < -0.4 is 10.2 Å². The Kier molecular flexibility index (Phi) is 5.72. The summed E-state index contributed by atoms with van der Waals surface area (Å²) < 4.78 is 0. The van der Waals surface area contributed by atoms with Crippen LogP contribution in [0.15, 0.2) is 24.3 Å². The highest BCUT2D eigenvalue weighted by Crippen LogP contribution is 2.15. The molecule has 0 spiro atoms. The van der Waals surface area contributed by atoms with Crippen molar-refractivity contribution in [3.63, 3.8) is 0 Å². The van der Waals surface area contributed by atoms with Gasteiger partial charge in [0.15, 0.2) is 0 Å². The summed E-state index contributed by atoms with van der Waals surface area (Å²) in [5.74, 6) is -1.11. The minimum atomic E-state index is -1.48. The number of carboxylic acids is 1. The Morgan fingerprint density at radius 1 is 1.29 bits per heavy atom. The molecule has 0 fully saturated rings. The fourth-order valence-electron chi connectivity index (χ4n) is 1.92. The van der Waals surface area contributed by atoms with Crippen LogP contribution in [0.1, 0.15) is 25.8 Å². The van der Waals surface area contributed by atoms with E-state index in [1.807, 2.05) is 38.1 Å². The fourth-order valence-corrected chi connectivity index (χ4v) is 1.92. The molecule has 1 aromatic carbocycles. The maximum Gasteiger partial charge on any atom is 0.321 e. The normalized spacial score (nSPS) is 13.3. The molecule has 116 valence electrons. The van der Waals surface area contributed by atoms with Gasteiger partial charge in [-0.2, -0.15) is 0 Å². The lowest BCUT2D eigenvalue weighted by Gasteiger charge is -2.26. The van der Waals surface area contributed by atoms with Crippen molar-refractivity contribution < 1.29 is 19.8 Å². The van der Waals surface area contributed by atoms with Crippen LogP contribution in [0.2, 0.25) is 0 Å². The number of carbonyl (C=O) groups excluding carboxylic acids is 1. The number of urea groups is 1. The van der Waals surface area contributed by atoms with E-state index in [2.05, 4.69) is 5.32 Å². The van der Waals surface area contributed by atoms with E-state index in [0.717, 1.165) is 11.3 Å². The third kappa shape index (κ3) is 5.43. The third-order valence-electron chi connectivity index (χ3n) is 3.06. The van der Waals surface area contributed by atoms with Gasteiger partial charge in [-0.3, -0.25) is 9.69 Å². The van der Waals surface area contributed by atoms with E-state index in [4.69, 9.17) is 5.11 Å². The molecule has 6 heteroatoms. The van der Waals surface area contributed by atoms with Gasteiger partial charge in [-0.25, -0.2) is 4.79 Å². The molecule has 3 N–H and O–H groups in total. The summed E-state index contributed by atoms with van der Waals surface area (Å²) in [5.41, 5.74) is 0.367. The second-order valence-electron chi connectivity index (χ2n) is 5.31. The van der Waals surface area contributed by atoms with Crippen LogP contribution in [0, 0.1) is 6.92 Å². The molecule has 0 aliphatic carbocycles. The molecule has 6 nitrogen and oxygen atoms in total. The second kappa shape index (κ2) is 7.08. The molecule has 0 saturated carbocycles. The number of amides is 2. The molecular formula is C15H22N2O4. The van der Waals surface area contributed by atoms with Crippen molar-refractivity contribution in [2.75, 3.05) is 18.0 Å². The number of anilines is 1. The first-order chi connectivity index (χ1) is 9.75. The standard InChI is InChI=1S/C15H22N2O4/c1-4-17(12-7-5-11(2)6-8-12)14(20)16-10-15(3,21)9-13(18)19/h5-8,21H,4,9-10H2,1-3H3,(H,16,20)(H,18,19). The number of nitrogens with one attached hydrogen (secondary N) is 1. The molecule has 0 aromatic heterocycles. The quantitative estimate of drug-likeness (QED) is 0.745. The predicted octanol–water partition coefficient (Wildman–Crippen LogP) is 1.76. The van der Waals surface area contributed by atoms with Gasteiger partial charge in [0.25, 0.3) is 0 Å².